The molecule has 0 unspecified atom stereocenters. The van der Waals surface area contributed by atoms with Gasteiger partial charge in [-0.25, -0.2) is 4.39 Å². The van der Waals surface area contributed by atoms with E-state index in [4.69, 9.17) is 5.73 Å². The lowest BCUT2D eigenvalue weighted by Crippen LogP contribution is -2.19. The first-order chi connectivity index (χ1) is 6.16. The lowest BCUT2D eigenvalue weighted by Gasteiger charge is -2.13. The predicted molar refractivity (Wildman–Crippen MR) is 51.1 cm³/mol. The molecule has 0 bridgehead atoms. The van der Waals surface area contributed by atoms with Gasteiger partial charge in [0.15, 0.2) is 0 Å². The zero-order valence-electron chi connectivity index (χ0n) is 7.81. The van der Waals surface area contributed by atoms with E-state index < -0.39 is 0 Å². The van der Waals surface area contributed by atoms with Gasteiger partial charge in [0.25, 0.3) is 0 Å². The van der Waals surface area contributed by atoms with E-state index >= 15 is 0 Å². The highest BCUT2D eigenvalue weighted by molar-refractivity contribution is 5.35. The Hall–Kier alpha value is -0.890. The van der Waals surface area contributed by atoms with E-state index in [0.29, 0.717) is 6.54 Å². The molecule has 1 aromatic carbocycles. The number of halogens is 1. The Morgan fingerprint density at radius 1 is 1.38 bits per heavy atom. The zero-order chi connectivity index (χ0) is 9.47. The molecule has 1 saturated carbocycles. The fourth-order valence-corrected chi connectivity index (χ4v) is 1.80. The van der Waals surface area contributed by atoms with Crippen LogP contribution in [0.3, 0.4) is 0 Å². The van der Waals surface area contributed by atoms with Crippen molar-refractivity contribution in [3.05, 3.63) is 35.1 Å². The summed E-state index contributed by atoms with van der Waals surface area (Å²) in [7, 11) is 0. The van der Waals surface area contributed by atoms with Crippen molar-refractivity contribution in [2.45, 2.75) is 25.2 Å². The number of hydrogen-bond acceptors (Lipinski definition) is 1. The van der Waals surface area contributed by atoms with Crippen molar-refractivity contribution in [3.8, 4) is 0 Å². The van der Waals surface area contributed by atoms with Gasteiger partial charge < -0.3 is 5.73 Å². The van der Waals surface area contributed by atoms with Crippen LogP contribution in [0.25, 0.3) is 0 Å². The lowest BCUT2D eigenvalue weighted by molar-refractivity contribution is 0.614. The Kier molecular flexibility index (Phi) is 1.88. The summed E-state index contributed by atoms with van der Waals surface area (Å²) in [6, 6.07) is 5.21. The highest BCUT2D eigenvalue weighted by Crippen LogP contribution is 2.47. The summed E-state index contributed by atoms with van der Waals surface area (Å²) in [5.74, 6) is -0.144. The van der Waals surface area contributed by atoms with Gasteiger partial charge in [-0.15, -0.1) is 0 Å². The molecule has 1 aromatic rings. The molecule has 2 heteroatoms. The van der Waals surface area contributed by atoms with Crippen LogP contribution in [0.1, 0.15) is 24.0 Å². The maximum Gasteiger partial charge on any atom is 0.123 e. The molecule has 1 nitrogen and oxygen atoms in total. The minimum absolute atomic E-state index is 0.104. The first kappa shape index (κ1) is 8.70. The van der Waals surface area contributed by atoms with Gasteiger partial charge in [0.1, 0.15) is 5.82 Å². The van der Waals surface area contributed by atoms with Gasteiger partial charge in [0.05, 0.1) is 0 Å². The van der Waals surface area contributed by atoms with E-state index in [1.807, 2.05) is 13.0 Å². The smallest absolute Gasteiger partial charge is 0.123 e. The molecular weight excluding hydrogens is 165 g/mol. The quantitative estimate of drug-likeness (QED) is 0.739. The van der Waals surface area contributed by atoms with Crippen molar-refractivity contribution >= 4 is 0 Å². The van der Waals surface area contributed by atoms with Crippen molar-refractivity contribution in [2.24, 2.45) is 5.73 Å². The van der Waals surface area contributed by atoms with Crippen molar-refractivity contribution in [1.82, 2.24) is 0 Å². The Morgan fingerprint density at radius 2 is 2.08 bits per heavy atom. The van der Waals surface area contributed by atoms with Crippen LogP contribution in [0.5, 0.6) is 0 Å². The van der Waals surface area contributed by atoms with E-state index in [9.17, 15) is 4.39 Å². The minimum Gasteiger partial charge on any atom is -0.330 e. The van der Waals surface area contributed by atoms with Gasteiger partial charge in [-0.3, -0.25) is 0 Å². The summed E-state index contributed by atoms with van der Waals surface area (Å²) < 4.78 is 13.1. The summed E-state index contributed by atoms with van der Waals surface area (Å²) in [6.07, 6.45) is 2.21. The van der Waals surface area contributed by atoms with Crippen LogP contribution >= 0.6 is 0 Å². The standard InChI is InChI=1S/C11H14FN/c1-8-4-9(6-10(12)5-8)11(7-13)2-3-11/h4-6H,2-3,7,13H2,1H3. The first-order valence-corrected chi connectivity index (χ1v) is 4.64. The minimum atomic E-state index is -0.144. The highest BCUT2D eigenvalue weighted by Gasteiger charge is 2.42. The SMILES string of the molecule is Cc1cc(F)cc(C2(CN)CC2)c1. The van der Waals surface area contributed by atoms with Crippen LogP contribution in [0, 0.1) is 12.7 Å². The molecular formula is C11H14FN. The maximum absolute atomic E-state index is 13.1. The molecule has 0 heterocycles. The topological polar surface area (TPSA) is 26.0 Å². The second-order valence-corrected chi connectivity index (χ2v) is 4.00. The third-order valence-electron chi connectivity index (χ3n) is 2.90. The summed E-state index contributed by atoms with van der Waals surface area (Å²) in [6.45, 7) is 2.55. The van der Waals surface area contributed by atoms with Crippen molar-refractivity contribution < 1.29 is 4.39 Å². The van der Waals surface area contributed by atoms with Crippen molar-refractivity contribution in [1.29, 1.82) is 0 Å². The summed E-state index contributed by atoms with van der Waals surface area (Å²) in [5.41, 5.74) is 7.84. The van der Waals surface area contributed by atoms with E-state index in [0.717, 1.165) is 24.0 Å². The molecule has 70 valence electrons. The van der Waals surface area contributed by atoms with E-state index in [1.54, 1.807) is 12.1 Å². The summed E-state index contributed by atoms with van der Waals surface area (Å²) in [4.78, 5) is 0. The molecule has 0 amide bonds. The Balaban J connectivity index is 2.40. The Labute approximate surface area is 77.8 Å². The van der Waals surface area contributed by atoms with Crippen LogP contribution in [0.4, 0.5) is 4.39 Å². The third-order valence-corrected chi connectivity index (χ3v) is 2.90. The average molecular weight is 179 g/mol. The largest absolute Gasteiger partial charge is 0.330 e. The number of nitrogens with two attached hydrogens (primary N) is 1. The van der Waals surface area contributed by atoms with Gasteiger partial charge in [-0.1, -0.05) is 6.07 Å². The molecule has 0 aliphatic heterocycles. The average Bonchev–Trinajstić information content (AvgIpc) is 2.82. The number of rotatable bonds is 2. The van der Waals surface area contributed by atoms with Crippen LogP contribution in [0.15, 0.2) is 18.2 Å². The van der Waals surface area contributed by atoms with Crippen LogP contribution in [-0.2, 0) is 5.41 Å². The maximum atomic E-state index is 13.1. The first-order valence-electron chi connectivity index (χ1n) is 4.64. The molecule has 2 N–H and O–H groups in total. The number of benzene rings is 1. The highest BCUT2D eigenvalue weighted by atomic mass is 19.1. The van der Waals surface area contributed by atoms with E-state index in [1.165, 1.54) is 0 Å². The molecule has 0 radical (unpaired) electrons. The van der Waals surface area contributed by atoms with Crippen LogP contribution in [-0.4, -0.2) is 6.54 Å². The molecule has 2 rings (SSSR count). The van der Waals surface area contributed by atoms with E-state index in [-0.39, 0.29) is 11.2 Å². The fourth-order valence-electron chi connectivity index (χ4n) is 1.80. The van der Waals surface area contributed by atoms with E-state index in [2.05, 4.69) is 0 Å². The van der Waals surface area contributed by atoms with Gasteiger partial charge in [0.2, 0.25) is 0 Å². The van der Waals surface area contributed by atoms with Crippen LogP contribution in [0.2, 0.25) is 0 Å². The van der Waals surface area contributed by atoms with Crippen molar-refractivity contribution in [2.75, 3.05) is 6.54 Å². The van der Waals surface area contributed by atoms with Gasteiger partial charge >= 0.3 is 0 Å². The molecule has 0 atom stereocenters. The van der Waals surface area contributed by atoms with Gasteiger partial charge in [-0.05, 0) is 43.0 Å². The fraction of sp³-hybridized carbons (Fsp3) is 0.455. The zero-order valence-corrected chi connectivity index (χ0v) is 7.81. The lowest BCUT2D eigenvalue weighted by atomic mass is 9.95. The molecule has 0 spiro atoms. The second kappa shape index (κ2) is 2.81. The Bertz CT molecular complexity index is 309. The normalized spacial score (nSPS) is 18.7. The van der Waals surface area contributed by atoms with Crippen molar-refractivity contribution in [3.63, 3.8) is 0 Å². The number of aryl methyl sites for hydroxylation is 1. The Morgan fingerprint density at radius 3 is 2.54 bits per heavy atom. The summed E-state index contributed by atoms with van der Waals surface area (Å²) in [5, 5.41) is 0. The predicted octanol–water partition coefficient (Wildman–Crippen LogP) is 2.12. The number of hydrogen-bond donors (Lipinski definition) is 1. The molecule has 1 aliphatic rings. The molecule has 1 aliphatic carbocycles. The third kappa shape index (κ3) is 1.46. The van der Waals surface area contributed by atoms with Gasteiger partial charge in [-0.2, -0.15) is 0 Å². The van der Waals surface area contributed by atoms with Crippen LogP contribution < -0.4 is 5.73 Å². The molecule has 0 aromatic heterocycles. The molecule has 0 saturated heterocycles. The van der Waals surface area contributed by atoms with Gasteiger partial charge in [0, 0.05) is 12.0 Å². The molecule has 1 fully saturated rings. The summed E-state index contributed by atoms with van der Waals surface area (Å²) >= 11 is 0. The molecule has 13 heavy (non-hydrogen) atoms. The second-order valence-electron chi connectivity index (χ2n) is 4.00. The monoisotopic (exact) mass is 179 g/mol.